The number of amides is 1. The van der Waals surface area contributed by atoms with Crippen LogP contribution in [0.4, 0.5) is 5.69 Å². The van der Waals surface area contributed by atoms with Gasteiger partial charge in [0.25, 0.3) is 11.6 Å². The first-order valence-corrected chi connectivity index (χ1v) is 7.86. The Kier molecular flexibility index (Phi) is 6.92. The molecule has 136 valence electrons. The number of carbonyl (C=O) groups excluding carboxylic acids is 2. The molecule has 8 nitrogen and oxygen atoms in total. The highest BCUT2D eigenvalue weighted by molar-refractivity contribution is 6.31. The van der Waals surface area contributed by atoms with Crippen molar-refractivity contribution < 1.29 is 24.0 Å². The Balaban J connectivity index is 1.68. The molecule has 0 fully saturated rings. The van der Waals surface area contributed by atoms with Crippen LogP contribution >= 0.6 is 11.6 Å². The molecule has 0 aromatic heterocycles. The van der Waals surface area contributed by atoms with E-state index in [2.05, 4.69) is 5.32 Å². The monoisotopic (exact) mass is 378 g/mol. The zero-order valence-electron chi connectivity index (χ0n) is 13.5. The first-order valence-electron chi connectivity index (χ1n) is 7.48. The van der Waals surface area contributed by atoms with Crippen molar-refractivity contribution in [2.75, 3.05) is 13.2 Å². The lowest BCUT2D eigenvalue weighted by molar-refractivity contribution is -0.384. The van der Waals surface area contributed by atoms with Crippen molar-refractivity contribution in [3.05, 3.63) is 69.2 Å². The molecular weight excluding hydrogens is 364 g/mol. The Bertz CT molecular complexity index is 794. The summed E-state index contributed by atoms with van der Waals surface area (Å²) in [6.45, 7) is -0.655. The summed E-state index contributed by atoms with van der Waals surface area (Å²) in [4.78, 5) is 33.2. The molecule has 0 saturated heterocycles. The van der Waals surface area contributed by atoms with E-state index in [4.69, 9.17) is 21.1 Å². The van der Waals surface area contributed by atoms with Crippen LogP contribution in [-0.2, 0) is 20.9 Å². The van der Waals surface area contributed by atoms with Crippen LogP contribution in [0.15, 0.2) is 48.5 Å². The van der Waals surface area contributed by atoms with Gasteiger partial charge in [-0.05, 0) is 23.8 Å². The van der Waals surface area contributed by atoms with Crippen molar-refractivity contribution in [3.8, 4) is 5.75 Å². The number of halogens is 1. The molecule has 0 saturated carbocycles. The number of esters is 1. The van der Waals surface area contributed by atoms with Crippen LogP contribution in [0.1, 0.15) is 5.56 Å². The number of ether oxygens (including phenoxy) is 2. The minimum absolute atomic E-state index is 0.0879. The lowest BCUT2D eigenvalue weighted by Gasteiger charge is -2.08. The first kappa shape index (κ1) is 19.2. The van der Waals surface area contributed by atoms with Crippen molar-refractivity contribution in [1.29, 1.82) is 0 Å². The van der Waals surface area contributed by atoms with Crippen molar-refractivity contribution in [2.24, 2.45) is 0 Å². The van der Waals surface area contributed by atoms with E-state index in [9.17, 15) is 19.7 Å². The van der Waals surface area contributed by atoms with Crippen molar-refractivity contribution in [3.63, 3.8) is 0 Å². The van der Waals surface area contributed by atoms with E-state index < -0.39 is 30.0 Å². The number of carbonyl (C=O) groups is 2. The second kappa shape index (κ2) is 9.38. The highest BCUT2D eigenvalue weighted by atomic mass is 35.5. The Morgan fingerprint density at radius 3 is 2.42 bits per heavy atom. The summed E-state index contributed by atoms with van der Waals surface area (Å²) in [6.07, 6.45) is 0. The third-order valence-electron chi connectivity index (χ3n) is 3.20. The number of nitrogens with zero attached hydrogens (tertiary/aromatic N) is 1. The maximum Gasteiger partial charge on any atom is 0.344 e. The van der Waals surface area contributed by atoms with Crippen LogP contribution < -0.4 is 10.1 Å². The quantitative estimate of drug-likeness (QED) is 0.429. The standard InChI is InChI=1S/C17H15ClN2O6/c18-15-4-2-1-3-12(15)9-19-16(21)10-26-17(22)11-25-14-7-5-13(6-8-14)20(23)24/h1-8H,9-11H2,(H,19,21). The van der Waals surface area contributed by atoms with Crippen LogP contribution in [0.2, 0.25) is 5.02 Å². The molecule has 0 atom stereocenters. The summed E-state index contributed by atoms with van der Waals surface area (Å²) >= 11 is 5.97. The number of non-ortho nitro benzene ring substituents is 1. The lowest BCUT2D eigenvalue weighted by atomic mass is 10.2. The Labute approximate surface area is 153 Å². The van der Waals surface area contributed by atoms with Crippen molar-refractivity contribution >= 4 is 29.2 Å². The molecule has 1 N–H and O–H groups in total. The fraction of sp³-hybridized carbons (Fsp3) is 0.176. The van der Waals surface area contributed by atoms with Crippen molar-refractivity contribution in [1.82, 2.24) is 5.32 Å². The number of hydrogen-bond donors (Lipinski definition) is 1. The predicted molar refractivity (Wildman–Crippen MR) is 92.8 cm³/mol. The zero-order valence-corrected chi connectivity index (χ0v) is 14.3. The Morgan fingerprint density at radius 1 is 1.08 bits per heavy atom. The molecule has 2 rings (SSSR count). The number of hydrogen-bond acceptors (Lipinski definition) is 6. The SMILES string of the molecule is O=C(COC(=O)COc1ccc([N+](=O)[O-])cc1)NCc1ccccc1Cl. The smallest absolute Gasteiger partial charge is 0.344 e. The van der Waals surface area contributed by atoms with Gasteiger partial charge < -0.3 is 14.8 Å². The third kappa shape index (κ3) is 6.06. The van der Waals surface area contributed by atoms with E-state index in [1.54, 1.807) is 24.3 Å². The summed E-state index contributed by atoms with van der Waals surface area (Å²) < 4.78 is 9.92. The molecule has 26 heavy (non-hydrogen) atoms. The molecular formula is C17H15ClN2O6. The van der Waals surface area contributed by atoms with Crippen LogP contribution in [0.3, 0.4) is 0 Å². The second-order valence-electron chi connectivity index (χ2n) is 5.07. The largest absolute Gasteiger partial charge is 0.482 e. The van der Waals surface area contributed by atoms with E-state index in [0.717, 1.165) is 5.56 Å². The maximum atomic E-state index is 11.7. The normalized spacial score (nSPS) is 10.0. The molecule has 2 aromatic rings. The van der Waals surface area contributed by atoms with Gasteiger partial charge in [0.15, 0.2) is 13.2 Å². The number of nitro groups is 1. The molecule has 2 aromatic carbocycles. The summed E-state index contributed by atoms with van der Waals surface area (Å²) in [7, 11) is 0. The van der Waals surface area contributed by atoms with Crippen LogP contribution in [0.5, 0.6) is 5.75 Å². The highest BCUT2D eigenvalue weighted by Gasteiger charge is 2.10. The summed E-state index contributed by atoms with van der Waals surface area (Å²) in [5, 5.41) is 13.6. The van der Waals surface area contributed by atoms with Gasteiger partial charge in [-0.2, -0.15) is 0 Å². The molecule has 1 amide bonds. The molecule has 0 unspecified atom stereocenters. The van der Waals surface area contributed by atoms with Crippen LogP contribution in [0.25, 0.3) is 0 Å². The number of rotatable bonds is 8. The van der Waals surface area contributed by atoms with Crippen molar-refractivity contribution in [2.45, 2.75) is 6.54 Å². The molecule has 0 aliphatic heterocycles. The first-order chi connectivity index (χ1) is 12.5. The minimum atomic E-state index is -0.740. The average molecular weight is 379 g/mol. The summed E-state index contributed by atoms with van der Waals surface area (Å²) in [6, 6.07) is 12.3. The molecule has 0 heterocycles. The molecule has 0 radical (unpaired) electrons. The summed E-state index contributed by atoms with van der Waals surface area (Å²) in [5.41, 5.74) is 0.658. The Morgan fingerprint density at radius 2 is 1.77 bits per heavy atom. The van der Waals surface area contributed by atoms with E-state index in [1.807, 2.05) is 0 Å². The molecule has 0 aliphatic rings. The topological polar surface area (TPSA) is 108 Å². The molecule has 0 spiro atoms. The van der Waals surface area contributed by atoms with Gasteiger partial charge in [-0.15, -0.1) is 0 Å². The van der Waals surface area contributed by atoms with Gasteiger partial charge in [-0.25, -0.2) is 4.79 Å². The van der Waals surface area contributed by atoms with Gasteiger partial charge >= 0.3 is 5.97 Å². The molecule has 0 aliphatic carbocycles. The van der Waals surface area contributed by atoms with E-state index in [1.165, 1.54) is 24.3 Å². The zero-order chi connectivity index (χ0) is 18.9. The van der Waals surface area contributed by atoms with Gasteiger partial charge in [0.2, 0.25) is 0 Å². The number of nitro benzene ring substituents is 1. The van der Waals surface area contributed by atoms with Crippen LogP contribution in [-0.4, -0.2) is 30.0 Å². The minimum Gasteiger partial charge on any atom is -0.482 e. The summed E-state index contributed by atoms with van der Waals surface area (Å²) in [5.74, 6) is -0.944. The molecule has 0 bridgehead atoms. The van der Waals surface area contributed by atoms with Gasteiger partial charge in [0.1, 0.15) is 5.75 Å². The Hall–Kier alpha value is -3.13. The van der Waals surface area contributed by atoms with Gasteiger partial charge in [0, 0.05) is 23.7 Å². The third-order valence-corrected chi connectivity index (χ3v) is 3.57. The molecule has 9 heteroatoms. The van der Waals surface area contributed by atoms with E-state index >= 15 is 0 Å². The van der Waals surface area contributed by atoms with Gasteiger partial charge in [0.05, 0.1) is 4.92 Å². The fourth-order valence-corrected chi connectivity index (χ4v) is 2.08. The fourth-order valence-electron chi connectivity index (χ4n) is 1.88. The van der Waals surface area contributed by atoms with Gasteiger partial charge in [-0.3, -0.25) is 14.9 Å². The highest BCUT2D eigenvalue weighted by Crippen LogP contribution is 2.17. The lowest BCUT2D eigenvalue weighted by Crippen LogP contribution is -2.29. The van der Waals surface area contributed by atoms with Crippen LogP contribution in [0, 0.1) is 10.1 Å². The number of benzene rings is 2. The average Bonchev–Trinajstić information content (AvgIpc) is 2.64. The van der Waals surface area contributed by atoms with Gasteiger partial charge in [-0.1, -0.05) is 29.8 Å². The van der Waals surface area contributed by atoms with E-state index in [-0.39, 0.29) is 18.0 Å². The predicted octanol–water partition coefficient (Wildman–Crippen LogP) is 2.49. The second-order valence-corrected chi connectivity index (χ2v) is 5.48. The van der Waals surface area contributed by atoms with E-state index in [0.29, 0.717) is 5.02 Å². The maximum absolute atomic E-state index is 11.7. The number of nitrogens with one attached hydrogen (secondary N) is 1.